The third-order valence-electron chi connectivity index (χ3n) is 6.74. The molecule has 13 heteroatoms. The molecule has 1 atom stereocenters. The number of anilines is 2. The van der Waals surface area contributed by atoms with Gasteiger partial charge in [0, 0.05) is 50.3 Å². The second-order valence-electron chi connectivity index (χ2n) is 9.71. The van der Waals surface area contributed by atoms with Gasteiger partial charge in [0.2, 0.25) is 18.2 Å². The number of nitrogens with one attached hydrogen (secondary N) is 1. The highest BCUT2D eigenvalue weighted by Crippen LogP contribution is 2.27. The van der Waals surface area contributed by atoms with Crippen molar-refractivity contribution in [3.8, 4) is 0 Å². The molecule has 0 fully saturated rings. The highest BCUT2D eigenvalue weighted by molar-refractivity contribution is 7.91. The molecule has 1 aliphatic rings. The van der Waals surface area contributed by atoms with Crippen LogP contribution in [-0.2, 0) is 39.1 Å². The van der Waals surface area contributed by atoms with Gasteiger partial charge in [-0.2, -0.15) is 8.42 Å². The lowest BCUT2D eigenvalue weighted by Crippen LogP contribution is -2.43. The second kappa shape index (κ2) is 12.7. The number of fused-ring (bicyclic) bond motifs is 1. The molecule has 2 aromatic carbocycles. The van der Waals surface area contributed by atoms with Gasteiger partial charge in [0.05, 0.1) is 0 Å². The minimum Gasteiger partial charge on any atom is -0.315 e. The fourth-order valence-electron chi connectivity index (χ4n) is 4.73. The molecule has 0 aliphatic carbocycles. The van der Waals surface area contributed by atoms with Crippen molar-refractivity contribution in [2.45, 2.75) is 38.5 Å². The molecule has 2 heterocycles. The van der Waals surface area contributed by atoms with Crippen LogP contribution < -0.4 is 13.9 Å². The zero-order valence-electron chi connectivity index (χ0n) is 22.1. The number of aromatic nitrogens is 1. The molecule has 1 aromatic heterocycles. The Morgan fingerprint density at radius 2 is 1.71 bits per heavy atom. The summed E-state index contributed by atoms with van der Waals surface area (Å²) in [4.78, 5) is 31.6. The van der Waals surface area contributed by atoms with Crippen molar-refractivity contribution in [3.63, 3.8) is 0 Å². The van der Waals surface area contributed by atoms with Gasteiger partial charge in [-0.05, 0) is 66.3 Å². The number of nitrogens with zero attached hydrogens (tertiary/aromatic N) is 3. The summed E-state index contributed by atoms with van der Waals surface area (Å²) in [7, 11) is -2.81. The minimum absolute atomic E-state index is 0.113. The van der Waals surface area contributed by atoms with E-state index in [0.29, 0.717) is 23.7 Å². The maximum Gasteiger partial charge on any atom is 0.327 e. The van der Waals surface area contributed by atoms with Crippen molar-refractivity contribution in [2.75, 3.05) is 22.8 Å². The lowest BCUT2D eigenvalue weighted by Gasteiger charge is -2.25. The molecule has 1 N–H and O–H groups in total. The fraction of sp³-hybridized carbons (Fsp3) is 0.321. The molecule has 0 unspecified atom stereocenters. The number of rotatable bonds is 11. The van der Waals surface area contributed by atoms with Gasteiger partial charge < -0.3 is 4.90 Å². The Morgan fingerprint density at radius 3 is 2.37 bits per heavy atom. The first-order valence-electron chi connectivity index (χ1n) is 12.8. The van der Waals surface area contributed by atoms with Crippen LogP contribution in [0.15, 0.2) is 60.8 Å². The zero-order valence-corrected chi connectivity index (χ0v) is 22.9. The van der Waals surface area contributed by atoms with E-state index in [-0.39, 0.29) is 37.2 Å². The Balaban J connectivity index is 1.48. The predicted octanol–water partition coefficient (Wildman–Crippen LogP) is 4.19. The van der Waals surface area contributed by atoms with E-state index >= 15 is 0 Å². The summed E-state index contributed by atoms with van der Waals surface area (Å²) in [5.41, 5.74) is 1.67. The highest BCUT2D eigenvalue weighted by atomic mass is 32.2. The molecule has 4 rings (SSSR count). The van der Waals surface area contributed by atoms with Gasteiger partial charge in [-0.1, -0.05) is 18.2 Å². The van der Waals surface area contributed by atoms with Crippen molar-refractivity contribution in [2.24, 2.45) is 5.92 Å². The minimum atomic E-state index is -4.26. The molecular weight excluding hydrogens is 564 g/mol. The molecule has 3 aromatic rings. The van der Waals surface area contributed by atoms with Gasteiger partial charge in [-0.25, -0.2) is 31.6 Å². The zero-order chi connectivity index (χ0) is 29.7. The number of hydrogen-bond acceptors (Lipinski definition) is 5. The van der Waals surface area contributed by atoms with E-state index in [1.165, 1.54) is 42.4 Å². The molecule has 0 bridgehead atoms. The van der Waals surface area contributed by atoms with Gasteiger partial charge in [0.15, 0.2) is 0 Å². The van der Waals surface area contributed by atoms with Gasteiger partial charge >= 0.3 is 10.2 Å². The maximum absolute atomic E-state index is 13.9. The molecule has 1 aliphatic heterocycles. The number of amides is 2. The summed E-state index contributed by atoms with van der Waals surface area (Å²) >= 11 is 0. The lowest BCUT2D eigenvalue weighted by molar-refractivity contribution is -0.123. The van der Waals surface area contributed by atoms with Crippen LogP contribution in [0.5, 0.6) is 0 Å². The standard InChI is InChI=1S/C28H28F4N4O4S/c1-35(24-7-4-18(5-8-24)16-25(31)32)28(38)21(13-19-14-22(29)17-23(30)15-19)6-9-26(37)34-41(39,40)36-12-10-20-3-2-11-33-27(20)36/h2-5,7-8,11,14-15,17,21,25H,6,9-10,12-13,16H2,1H3,(H,34,37)/t21-/m0/s1. The van der Waals surface area contributed by atoms with E-state index in [9.17, 15) is 35.6 Å². The van der Waals surface area contributed by atoms with Crippen molar-refractivity contribution < 1.29 is 35.6 Å². The maximum atomic E-state index is 13.9. The van der Waals surface area contributed by atoms with E-state index in [1.54, 1.807) is 12.1 Å². The van der Waals surface area contributed by atoms with Crippen LogP contribution in [0.4, 0.5) is 29.1 Å². The Hall–Kier alpha value is -4.00. The van der Waals surface area contributed by atoms with Crippen molar-refractivity contribution in [1.29, 1.82) is 0 Å². The normalized spacial score (nSPS) is 13.7. The van der Waals surface area contributed by atoms with E-state index in [4.69, 9.17) is 0 Å². The van der Waals surface area contributed by atoms with E-state index < -0.39 is 52.4 Å². The van der Waals surface area contributed by atoms with E-state index in [2.05, 4.69) is 4.98 Å². The molecule has 0 saturated heterocycles. The number of alkyl halides is 2. The molecule has 8 nitrogen and oxygen atoms in total. The van der Waals surface area contributed by atoms with Crippen LogP contribution in [0, 0.1) is 17.6 Å². The summed E-state index contributed by atoms with van der Waals surface area (Å²) in [5, 5.41) is 0. The molecule has 0 saturated carbocycles. The van der Waals surface area contributed by atoms with E-state index in [1.807, 2.05) is 4.72 Å². The van der Waals surface area contributed by atoms with Crippen LogP contribution in [-0.4, -0.2) is 45.2 Å². The molecule has 0 spiro atoms. The first kappa shape index (κ1) is 30.0. The highest BCUT2D eigenvalue weighted by Gasteiger charge is 2.32. The molecule has 2 amide bonds. The number of carbonyl (C=O) groups excluding carboxylic acids is 2. The van der Waals surface area contributed by atoms with Crippen LogP contribution in [0.1, 0.15) is 29.5 Å². The second-order valence-corrected chi connectivity index (χ2v) is 11.3. The summed E-state index contributed by atoms with van der Waals surface area (Å²) in [6.07, 6.45) is -1.73. The average molecular weight is 593 g/mol. The van der Waals surface area contributed by atoms with Gasteiger partial charge in [0.25, 0.3) is 0 Å². The van der Waals surface area contributed by atoms with Crippen LogP contribution in [0.3, 0.4) is 0 Å². The molecule has 0 radical (unpaired) electrons. The summed E-state index contributed by atoms with van der Waals surface area (Å²) in [5.74, 6) is -3.78. The predicted molar refractivity (Wildman–Crippen MR) is 145 cm³/mol. The van der Waals surface area contributed by atoms with Crippen LogP contribution in [0.25, 0.3) is 0 Å². The summed E-state index contributed by atoms with van der Waals surface area (Å²) in [6, 6.07) is 12.2. The largest absolute Gasteiger partial charge is 0.327 e. The average Bonchev–Trinajstić information content (AvgIpc) is 3.35. The number of hydrogen-bond donors (Lipinski definition) is 1. The van der Waals surface area contributed by atoms with Gasteiger partial charge in [-0.15, -0.1) is 0 Å². The third kappa shape index (κ3) is 7.60. The lowest BCUT2D eigenvalue weighted by atomic mass is 9.93. The number of pyridine rings is 1. The molecule has 41 heavy (non-hydrogen) atoms. The fourth-order valence-corrected chi connectivity index (χ4v) is 5.95. The first-order valence-corrected chi connectivity index (χ1v) is 14.2. The number of halogens is 4. The summed E-state index contributed by atoms with van der Waals surface area (Å²) in [6.45, 7) is 0.113. The number of carbonyl (C=O) groups is 2. The van der Waals surface area contributed by atoms with Crippen LogP contribution >= 0.6 is 0 Å². The Bertz CT molecular complexity index is 1500. The Morgan fingerprint density at radius 1 is 1.02 bits per heavy atom. The van der Waals surface area contributed by atoms with Crippen molar-refractivity contribution in [3.05, 3.63) is 89.1 Å². The SMILES string of the molecule is CN(C(=O)[C@@H](CCC(=O)NS(=O)(=O)N1CCc2cccnc21)Cc1cc(F)cc(F)c1)c1ccc(CC(F)F)cc1. The topological polar surface area (TPSA) is 99.7 Å². The third-order valence-corrected chi connectivity index (χ3v) is 8.16. The first-order chi connectivity index (χ1) is 19.4. The molecule has 218 valence electrons. The Kier molecular flexibility index (Phi) is 9.26. The van der Waals surface area contributed by atoms with Crippen LogP contribution in [0.2, 0.25) is 0 Å². The number of benzene rings is 2. The Labute approximate surface area is 235 Å². The van der Waals surface area contributed by atoms with Gasteiger partial charge in [-0.3, -0.25) is 9.59 Å². The van der Waals surface area contributed by atoms with Crippen molar-refractivity contribution in [1.82, 2.24) is 9.71 Å². The van der Waals surface area contributed by atoms with E-state index in [0.717, 1.165) is 22.0 Å². The van der Waals surface area contributed by atoms with Crippen molar-refractivity contribution >= 4 is 33.5 Å². The quantitative estimate of drug-likeness (QED) is 0.337. The smallest absolute Gasteiger partial charge is 0.315 e. The summed E-state index contributed by atoms with van der Waals surface area (Å²) < 4.78 is 81.9. The van der Waals surface area contributed by atoms with Gasteiger partial charge in [0.1, 0.15) is 17.5 Å². The monoisotopic (exact) mass is 592 g/mol. The molecular formula is C28H28F4N4O4S.